The molecule has 0 aromatic heterocycles. The van der Waals surface area contributed by atoms with Gasteiger partial charge in [-0.2, -0.15) is 0 Å². The van der Waals surface area contributed by atoms with Crippen LogP contribution in [-0.4, -0.2) is 42.9 Å². The lowest BCUT2D eigenvalue weighted by atomic mass is 10.2. The molecular formula is C23H48O5Si2. The summed E-state index contributed by atoms with van der Waals surface area (Å²) in [6, 6.07) is 0.463. The van der Waals surface area contributed by atoms with Gasteiger partial charge in [0.1, 0.15) is 0 Å². The van der Waals surface area contributed by atoms with Crippen molar-refractivity contribution in [2.24, 2.45) is 5.92 Å². The minimum Gasteiger partial charge on any atom is -0.517 e. The minimum absolute atomic E-state index is 0.0378. The fourth-order valence-electron chi connectivity index (χ4n) is 5.75. The number of carbonyl (C=O) groups excluding carboxylic acids is 1. The highest BCUT2D eigenvalue weighted by Gasteiger charge is 2.63. The van der Waals surface area contributed by atoms with Crippen molar-refractivity contribution in [2.75, 3.05) is 19.8 Å². The van der Waals surface area contributed by atoms with Crippen molar-refractivity contribution in [3.05, 3.63) is 0 Å². The highest BCUT2D eigenvalue weighted by atomic mass is 28.4. The molecule has 1 aliphatic rings. The summed E-state index contributed by atoms with van der Waals surface area (Å²) in [5, 5.41) is -0.0756. The van der Waals surface area contributed by atoms with Gasteiger partial charge in [-0.25, -0.2) is 0 Å². The molecule has 5 nitrogen and oxygen atoms in total. The van der Waals surface area contributed by atoms with Gasteiger partial charge in [-0.3, -0.25) is 4.79 Å². The van der Waals surface area contributed by atoms with Crippen molar-refractivity contribution < 1.29 is 22.5 Å². The molecule has 1 atom stereocenters. The van der Waals surface area contributed by atoms with Crippen LogP contribution < -0.4 is 0 Å². The molecule has 0 radical (unpaired) electrons. The average molecular weight is 461 g/mol. The van der Waals surface area contributed by atoms with E-state index in [1.54, 1.807) is 0 Å². The third kappa shape index (κ3) is 6.18. The van der Waals surface area contributed by atoms with Crippen LogP contribution in [-0.2, 0) is 22.5 Å². The number of rotatable bonds is 11. The zero-order valence-electron chi connectivity index (χ0n) is 21.4. The van der Waals surface area contributed by atoms with E-state index in [-0.39, 0.29) is 22.0 Å². The van der Waals surface area contributed by atoms with E-state index in [0.717, 1.165) is 0 Å². The second-order valence-electron chi connectivity index (χ2n) is 10.7. The Hall–Kier alpha value is -0.216. The monoisotopic (exact) mass is 460 g/mol. The van der Waals surface area contributed by atoms with Gasteiger partial charge in [-0.1, -0.05) is 61.3 Å². The van der Waals surface area contributed by atoms with Crippen LogP contribution in [0.4, 0.5) is 0 Å². The van der Waals surface area contributed by atoms with E-state index >= 15 is 0 Å². The van der Waals surface area contributed by atoms with E-state index in [1.807, 2.05) is 27.7 Å². The summed E-state index contributed by atoms with van der Waals surface area (Å²) < 4.78 is 24.7. The molecule has 0 bridgehead atoms. The van der Waals surface area contributed by atoms with E-state index in [4.69, 9.17) is 17.7 Å². The van der Waals surface area contributed by atoms with Crippen LogP contribution in [0.3, 0.4) is 0 Å². The van der Waals surface area contributed by atoms with Crippen molar-refractivity contribution in [3.8, 4) is 0 Å². The van der Waals surface area contributed by atoms with Gasteiger partial charge in [0.2, 0.25) is 0 Å². The quantitative estimate of drug-likeness (QED) is 0.321. The summed E-state index contributed by atoms with van der Waals surface area (Å²) in [5.74, 6) is -0.423. The first-order valence-corrected chi connectivity index (χ1v) is 15.9. The Bertz CT molecular complexity index is 502. The SMILES string of the molecule is CCO[Si](CC(C)C(=O)O[Si](C1CCCC1)(C(C)(C)C)C(C)(C)C)(OCC)OCC. The second-order valence-corrected chi connectivity index (χ2v) is 18.9. The number of hydrogen-bond donors (Lipinski definition) is 0. The molecule has 0 aliphatic heterocycles. The summed E-state index contributed by atoms with van der Waals surface area (Å²) in [7, 11) is -5.38. The highest BCUT2D eigenvalue weighted by molar-refractivity contribution is 6.82. The van der Waals surface area contributed by atoms with Gasteiger partial charge in [0.25, 0.3) is 14.3 Å². The van der Waals surface area contributed by atoms with Crippen LogP contribution in [0.1, 0.15) is 94.9 Å². The Labute approximate surface area is 188 Å². The second kappa shape index (κ2) is 11.1. The van der Waals surface area contributed by atoms with Crippen molar-refractivity contribution in [2.45, 2.75) is 117 Å². The van der Waals surface area contributed by atoms with E-state index in [9.17, 15) is 4.79 Å². The van der Waals surface area contributed by atoms with Gasteiger partial charge in [0, 0.05) is 25.9 Å². The molecule has 30 heavy (non-hydrogen) atoms. The van der Waals surface area contributed by atoms with Gasteiger partial charge in [0.15, 0.2) is 0 Å². The topological polar surface area (TPSA) is 54.0 Å². The normalized spacial score (nSPS) is 17.9. The van der Waals surface area contributed by atoms with E-state index in [2.05, 4.69) is 41.5 Å². The lowest BCUT2D eigenvalue weighted by Gasteiger charge is -2.53. The van der Waals surface area contributed by atoms with Gasteiger partial charge >= 0.3 is 8.80 Å². The Morgan fingerprint density at radius 3 is 1.60 bits per heavy atom. The Balaban J connectivity index is 3.21. The smallest absolute Gasteiger partial charge is 0.501 e. The standard InChI is InChI=1S/C23H48O5Si2/c1-11-25-29(26-12-2,27-13-3)18-19(4)21(24)28-30(22(5,6)7,23(8,9)10)20-16-14-15-17-20/h19-20H,11-18H2,1-10H3. The Morgan fingerprint density at radius 2 is 1.27 bits per heavy atom. The fourth-order valence-corrected chi connectivity index (χ4v) is 15.8. The lowest BCUT2D eigenvalue weighted by molar-refractivity contribution is -0.140. The first-order chi connectivity index (χ1) is 13.8. The van der Waals surface area contributed by atoms with Crippen LogP contribution in [0.2, 0.25) is 21.7 Å². The molecule has 1 unspecified atom stereocenters. The average Bonchev–Trinajstić information content (AvgIpc) is 3.12. The molecule has 0 heterocycles. The Kier molecular flexibility index (Phi) is 10.3. The van der Waals surface area contributed by atoms with E-state index in [0.29, 0.717) is 31.4 Å². The molecule has 7 heteroatoms. The molecule has 0 saturated heterocycles. The molecule has 1 saturated carbocycles. The molecule has 0 aromatic carbocycles. The molecule has 1 aliphatic carbocycles. The highest BCUT2D eigenvalue weighted by Crippen LogP contribution is 2.61. The van der Waals surface area contributed by atoms with Crippen LogP contribution in [0.15, 0.2) is 0 Å². The van der Waals surface area contributed by atoms with Gasteiger partial charge in [0.05, 0.1) is 5.92 Å². The van der Waals surface area contributed by atoms with Crippen molar-refractivity contribution in [3.63, 3.8) is 0 Å². The van der Waals surface area contributed by atoms with E-state index in [1.165, 1.54) is 25.7 Å². The van der Waals surface area contributed by atoms with E-state index < -0.39 is 17.1 Å². The molecule has 0 spiro atoms. The van der Waals surface area contributed by atoms with Gasteiger partial charge in [-0.05, 0) is 49.2 Å². The van der Waals surface area contributed by atoms with Crippen molar-refractivity contribution >= 4 is 23.1 Å². The summed E-state index contributed by atoms with van der Waals surface area (Å²) in [5.41, 5.74) is 0.515. The third-order valence-corrected chi connectivity index (χ3v) is 16.5. The van der Waals surface area contributed by atoms with Crippen LogP contribution >= 0.6 is 0 Å². The molecular weight excluding hydrogens is 412 g/mol. The summed E-state index contributed by atoms with van der Waals surface area (Å²) in [4.78, 5) is 13.6. The molecule has 1 fully saturated rings. The predicted octanol–water partition coefficient (Wildman–Crippen LogP) is 6.70. The van der Waals surface area contributed by atoms with Crippen molar-refractivity contribution in [1.29, 1.82) is 0 Å². The number of carbonyl (C=O) groups is 1. The fraction of sp³-hybridized carbons (Fsp3) is 0.957. The number of hydrogen-bond acceptors (Lipinski definition) is 5. The molecule has 0 amide bonds. The first-order valence-electron chi connectivity index (χ1n) is 11.9. The molecule has 1 rings (SSSR count). The summed E-state index contributed by atoms with van der Waals surface area (Å²) >= 11 is 0. The summed E-state index contributed by atoms with van der Waals surface area (Å²) in [6.07, 6.45) is 4.84. The maximum absolute atomic E-state index is 13.6. The first kappa shape index (κ1) is 27.8. The lowest BCUT2D eigenvalue weighted by Crippen LogP contribution is -2.59. The van der Waals surface area contributed by atoms with Crippen LogP contribution in [0.5, 0.6) is 0 Å². The molecule has 178 valence electrons. The summed E-state index contributed by atoms with van der Waals surface area (Å²) in [6.45, 7) is 23.0. The van der Waals surface area contributed by atoms with Gasteiger partial charge < -0.3 is 17.7 Å². The zero-order valence-corrected chi connectivity index (χ0v) is 23.4. The third-order valence-electron chi connectivity index (χ3n) is 6.47. The Morgan fingerprint density at radius 1 is 0.867 bits per heavy atom. The van der Waals surface area contributed by atoms with Gasteiger partial charge in [-0.15, -0.1) is 0 Å². The van der Waals surface area contributed by atoms with Crippen molar-refractivity contribution in [1.82, 2.24) is 0 Å². The van der Waals surface area contributed by atoms with Crippen LogP contribution in [0, 0.1) is 5.92 Å². The molecule has 0 N–H and O–H groups in total. The molecule has 0 aromatic rings. The minimum atomic E-state index is -2.91. The van der Waals surface area contributed by atoms with Crippen LogP contribution in [0.25, 0.3) is 0 Å². The predicted molar refractivity (Wildman–Crippen MR) is 128 cm³/mol. The largest absolute Gasteiger partial charge is 0.517 e. The maximum atomic E-state index is 13.6. The maximum Gasteiger partial charge on any atom is 0.501 e. The zero-order chi connectivity index (χ0) is 23.2.